The fraction of sp³-hybridized carbons (Fsp3) is 0.750. The van der Waals surface area contributed by atoms with Crippen molar-refractivity contribution in [1.82, 2.24) is 23.3 Å². The smallest absolute Gasteiger partial charge is 0.281 e. The first-order valence-corrected chi connectivity index (χ1v) is 10.4. The second-order valence-electron chi connectivity index (χ2n) is 7.27. The second-order valence-corrected chi connectivity index (χ2v) is 9.41. The van der Waals surface area contributed by atoms with Gasteiger partial charge in [-0.2, -0.15) is 22.1 Å². The van der Waals surface area contributed by atoms with E-state index in [9.17, 15) is 13.2 Å². The van der Waals surface area contributed by atoms with Gasteiger partial charge in [0.15, 0.2) is 0 Å². The van der Waals surface area contributed by atoms with Crippen LogP contribution in [0.4, 0.5) is 5.82 Å². The fourth-order valence-corrected chi connectivity index (χ4v) is 4.78. The highest BCUT2D eigenvalue weighted by Crippen LogP contribution is 2.31. The first kappa shape index (κ1) is 19.1. The molecule has 1 aromatic rings. The quantitative estimate of drug-likeness (QED) is 0.777. The van der Waals surface area contributed by atoms with Crippen molar-refractivity contribution in [3.05, 3.63) is 12.3 Å². The van der Waals surface area contributed by atoms with Crippen LogP contribution in [0.25, 0.3) is 0 Å². The molecule has 0 saturated carbocycles. The van der Waals surface area contributed by atoms with Gasteiger partial charge in [-0.25, -0.2) is 0 Å². The van der Waals surface area contributed by atoms with E-state index in [1.54, 1.807) is 4.68 Å². The summed E-state index contributed by atoms with van der Waals surface area (Å²) in [4.78, 5) is 15.2. The Morgan fingerprint density at radius 2 is 1.81 bits per heavy atom. The molecule has 10 heteroatoms. The minimum Gasteiger partial charge on any atom is -0.354 e. The van der Waals surface area contributed by atoms with Gasteiger partial charge in [-0.15, -0.1) is 0 Å². The van der Waals surface area contributed by atoms with Crippen molar-refractivity contribution in [2.75, 3.05) is 45.6 Å². The largest absolute Gasteiger partial charge is 0.354 e. The minimum atomic E-state index is -3.47. The summed E-state index contributed by atoms with van der Waals surface area (Å²) in [6.07, 6.45) is 4.71. The number of nitrogens with one attached hydrogen (secondary N) is 1. The first-order chi connectivity index (χ1) is 12.2. The van der Waals surface area contributed by atoms with Crippen molar-refractivity contribution in [2.24, 2.45) is 7.05 Å². The van der Waals surface area contributed by atoms with E-state index in [0.717, 1.165) is 25.9 Å². The van der Waals surface area contributed by atoms with Gasteiger partial charge in [0.25, 0.3) is 10.2 Å². The van der Waals surface area contributed by atoms with Gasteiger partial charge in [-0.3, -0.25) is 9.48 Å². The number of hydrogen-bond donors (Lipinski definition) is 1. The lowest BCUT2D eigenvalue weighted by Gasteiger charge is -2.42. The number of rotatable bonds is 5. The highest BCUT2D eigenvalue weighted by Gasteiger charge is 2.46. The van der Waals surface area contributed by atoms with E-state index >= 15 is 0 Å². The van der Waals surface area contributed by atoms with E-state index in [0.29, 0.717) is 31.7 Å². The molecular formula is C16H28N6O3S. The van der Waals surface area contributed by atoms with Crippen LogP contribution >= 0.6 is 0 Å². The minimum absolute atomic E-state index is 0.0579. The Hall–Kier alpha value is -1.65. The summed E-state index contributed by atoms with van der Waals surface area (Å²) in [6.45, 7) is 2.15. The number of aryl methyl sites for hydroxylation is 1. The van der Waals surface area contributed by atoms with E-state index in [1.807, 2.05) is 24.2 Å². The molecule has 3 rings (SSSR count). The average Bonchev–Trinajstić information content (AvgIpc) is 3.26. The Morgan fingerprint density at radius 1 is 1.19 bits per heavy atom. The van der Waals surface area contributed by atoms with Gasteiger partial charge in [0.05, 0.1) is 0 Å². The van der Waals surface area contributed by atoms with Crippen molar-refractivity contribution in [3.63, 3.8) is 0 Å². The van der Waals surface area contributed by atoms with Crippen LogP contribution in [0, 0.1) is 0 Å². The Morgan fingerprint density at radius 3 is 2.31 bits per heavy atom. The fourth-order valence-electron chi connectivity index (χ4n) is 3.67. The zero-order chi connectivity index (χ0) is 18.9. The molecule has 0 aromatic carbocycles. The molecule has 26 heavy (non-hydrogen) atoms. The third-order valence-electron chi connectivity index (χ3n) is 5.25. The van der Waals surface area contributed by atoms with Crippen LogP contribution in [-0.4, -0.2) is 83.4 Å². The average molecular weight is 385 g/mol. The van der Waals surface area contributed by atoms with E-state index in [1.165, 1.54) is 22.7 Å². The molecule has 9 nitrogen and oxygen atoms in total. The van der Waals surface area contributed by atoms with Gasteiger partial charge in [-0.05, 0) is 25.7 Å². The van der Waals surface area contributed by atoms with Gasteiger partial charge in [0.2, 0.25) is 5.91 Å². The molecule has 0 unspecified atom stereocenters. The van der Waals surface area contributed by atoms with Crippen LogP contribution < -0.4 is 5.32 Å². The Balaban J connectivity index is 1.82. The van der Waals surface area contributed by atoms with Crippen molar-refractivity contribution < 1.29 is 13.2 Å². The zero-order valence-electron chi connectivity index (χ0n) is 15.7. The van der Waals surface area contributed by atoms with Gasteiger partial charge >= 0.3 is 0 Å². The summed E-state index contributed by atoms with van der Waals surface area (Å²) < 4.78 is 29.2. The van der Waals surface area contributed by atoms with Crippen LogP contribution in [0.1, 0.15) is 25.7 Å². The van der Waals surface area contributed by atoms with Gasteiger partial charge in [0, 0.05) is 59.6 Å². The summed E-state index contributed by atoms with van der Waals surface area (Å²) in [5.41, 5.74) is -0.809. The molecule has 0 aliphatic carbocycles. The van der Waals surface area contributed by atoms with E-state index in [-0.39, 0.29) is 5.91 Å². The number of carbonyl (C=O) groups excluding carboxylic acids is 1. The van der Waals surface area contributed by atoms with Gasteiger partial charge < -0.3 is 10.2 Å². The lowest BCUT2D eigenvalue weighted by Crippen LogP contribution is -2.60. The number of anilines is 1. The maximum absolute atomic E-state index is 13.3. The SMILES string of the molecule is CN(C)S(=O)(=O)N1CCC(Nc2ccn(C)n2)(C(=O)N2CCCC2)CC1. The summed E-state index contributed by atoms with van der Waals surface area (Å²) in [5.74, 6) is 0.700. The first-order valence-electron chi connectivity index (χ1n) is 8.99. The topological polar surface area (TPSA) is 90.8 Å². The summed E-state index contributed by atoms with van der Waals surface area (Å²) in [6, 6.07) is 1.84. The van der Waals surface area contributed by atoms with Crippen molar-refractivity contribution in [1.29, 1.82) is 0 Å². The van der Waals surface area contributed by atoms with Crippen LogP contribution in [0.3, 0.4) is 0 Å². The van der Waals surface area contributed by atoms with Crippen LogP contribution in [0.15, 0.2) is 12.3 Å². The molecule has 1 aromatic heterocycles. The van der Waals surface area contributed by atoms with Gasteiger partial charge in [-0.1, -0.05) is 0 Å². The molecule has 146 valence electrons. The number of aromatic nitrogens is 2. The molecule has 0 spiro atoms. The molecule has 0 bridgehead atoms. The number of amides is 1. The van der Waals surface area contributed by atoms with E-state index < -0.39 is 15.7 Å². The van der Waals surface area contributed by atoms with Crippen molar-refractivity contribution in [2.45, 2.75) is 31.2 Å². The highest BCUT2D eigenvalue weighted by atomic mass is 32.2. The van der Waals surface area contributed by atoms with E-state index in [2.05, 4.69) is 10.4 Å². The second kappa shape index (κ2) is 7.16. The Labute approximate surface area is 155 Å². The van der Waals surface area contributed by atoms with Gasteiger partial charge in [0.1, 0.15) is 11.4 Å². The number of nitrogens with zero attached hydrogens (tertiary/aromatic N) is 5. The summed E-state index contributed by atoms with van der Waals surface area (Å²) >= 11 is 0. The lowest BCUT2D eigenvalue weighted by molar-refractivity contribution is -0.136. The lowest BCUT2D eigenvalue weighted by atomic mass is 9.86. The summed E-state index contributed by atoms with van der Waals surface area (Å²) in [5, 5.41) is 7.68. The van der Waals surface area contributed by atoms with Crippen LogP contribution in [0.5, 0.6) is 0 Å². The van der Waals surface area contributed by atoms with Crippen molar-refractivity contribution in [3.8, 4) is 0 Å². The van der Waals surface area contributed by atoms with Crippen LogP contribution in [-0.2, 0) is 22.1 Å². The third-order valence-corrected chi connectivity index (χ3v) is 7.19. The number of carbonyl (C=O) groups is 1. The molecule has 2 aliphatic heterocycles. The maximum Gasteiger partial charge on any atom is 0.281 e. The van der Waals surface area contributed by atoms with Crippen LogP contribution in [0.2, 0.25) is 0 Å². The molecule has 2 fully saturated rings. The number of likely N-dealkylation sites (tertiary alicyclic amines) is 1. The predicted molar refractivity (Wildman–Crippen MR) is 98.8 cm³/mol. The molecule has 2 saturated heterocycles. The molecule has 3 heterocycles. The monoisotopic (exact) mass is 384 g/mol. The van der Waals surface area contributed by atoms with Crippen molar-refractivity contribution >= 4 is 21.9 Å². The molecule has 1 amide bonds. The Bertz CT molecular complexity index is 746. The predicted octanol–water partition coefficient (Wildman–Crippen LogP) is 0.0954. The highest BCUT2D eigenvalue weighted by molar-refractivity contribution is 7.86. The van der Waals surface area contributed by atoms with E-state index in [4.69, 9.17) is 0 Å². The summed E-state index contributed by atoms with van der Waals surface area (Å²) in [7, 11) is 1.41. The molecule has 2 aliphatic rings. The molecule has 0 radical (unpaired) electrons. The maximum atomic E-state index is 13.3. The standard InChI is InChI=1S/C16H28N6O3S/c1-19(2)26(24,25)22-12-7-16(8-13-22,15(23)21-9-4-5-10-21)17-14-6-11-20(3)18-14/h6,11H,4-5,7-10,12-13H2,1-3H3,(H,17,18). The molecular weight excluding hydrogens is 356 g/mol. The normalized spacial score (nSPS) is 21.3. The zero-order valence-corrected chi connectivity index (χ0v) is 16.5. The third kappa shape index (κ3) is 3.58. The number of hydrogen-bond acceptors (Lipinski definition) is 5. The Kier molecular flexibility index (Phi) is 5.27. The number of piperidine rings is 1. The molecule has 0 atom stereocenters. The molecule has 1 N–H and O–H groups in total.